The highest BCUT2D eigenvalue weighted by Gasteiger charge is 2.28. The van der Waals surface area contributed by atoms with Crippen LogP contribution < -0.4 is 10.6 Å². The molecule has 0 aliphatic carbocycles. The van der Waals surface area contributed by atoms with E-state index in [2.05, 4.69) is 16.6 Å². The molecule has 1 aliphatic rings. The van der Waals surface area contributed by atoms with Gasteiger partial charge in [-0.15, -0.1) is 6.42 Å². The predicted octanol–water partition coefficient (Wildman–Crippen LogP) is 5.66. The number of alkyl halides is 3. The summed E-state index contributed by atoms with van der Waals surface area (Å²) in [4.78, 5) is 14.0. The number of amides is 1. The van der Waals surface area contributed by atoms with Crippen LogP contribution in [0.15, 0.2) is 59.6 Å². The number of unbranched alkanes of at least 4 members (excludes halogenated alkanes) is 1. The maximum absolute atomic E-state index is 12.7. The minimum Gasteiger partial charge on any atom is -0.383 e. The second-order valence-corrected chi connectivity index (χ2v) is 7.61. The van der Waals surface area contributed by atoms with E-state index in [-0.39, 0.29) is 12.5 Å². The molecule has 1 heterocycles. The van der Waals surface area contributed by atoms with Gasteiger partial charge in [0.05, 0.1) is 17.8 Å². The Labute approximate surface area is 193 Å². The van der Waals surface area contributed by atoms with E-state index in [9.17, 15) is 18.0 Å². The Bertz CT molecular complexity index is 1040. The van der Waals surface area contributed by atoms with Crippen molar-refractivity contribution in [3.63, 3.8) is 0 Å². The van der Waals surface area contributed by atoms with Gasteiger partial charge in [-0.05, 0) is 49.6 Å². The molecule has 2 rings (SSSR count). The molecule has 0 unspecified atom stereocenters. The number of nitrogens with zero attached hydrogens (tertiary/aromatic N) is 1. The number of rotatable bonds is 8. The Morgan fingerprint density at radius 2 is 2.03 bits per heavy atom. The topological polar surface area (TPSA) is 44.4 Å². The van der Waals surface area contributed by atoms with Crippen LogP contribution in [0.25, 0.3) is 5.70 Å². The Balaban J connectivity index is 2.49. The molecule has 4 nitrogen and oxygen atoms in total. The maximum Gasteiger partial charge on any atom is 0.390 e. The largest absolute Gasteiger partial charge is 0.390 e. The number of benzene rings is 1. The van der Waals surface area contributed by atoms with Crippen molar-refractivity contribution < 1.29 is 18.0 Å². The van der Waals surface area contributed by atoms with Crippen molar-refractivity contribution in [3.8, 4) is 12.3 Å². The molecule has 0 fully saturated rings. The van der Waals surface area contributed by atoms with Crippen molar-refractivity contribution in [1.29, 1.82) is 0 Å². The summed E-state index contributed by atoms with van der Waals surface area (Å²) in [6.45, 7) is 5.52. The van der Waals surface area contributed by atoms with Crippen LogP contribution in [0.3, 0.4) is 0 Å². The third kappa shape index (κ3) is 6.79. The number of halogens is 3. The lowest BCUT2D eigenvalue weighted by atomic mass is 9.99. The van der Waals surface area contributed by atoms with Gasteiger partial charge in [-0.3, -0.25) is 4.79 Å². The summed E-state index contributed by atoms with van der Waals surface area (Å²) in [5, 5.41) is 5.55. The van der Waals surface area contributed by atoms with E-state index in [1.165, 1.54) is 0 Å². The summed E-state index contributed by atoms with van der Waals surface area (Å²) in [5.74, 6) is 2.42. The summed E-state index contributed by atoms with van der Waals surface area (Å²) < 4.78 is 38.2. The zero-order chi connectivity index (χ0) is 24.6. The van der Waals surface area contributed by atoms with E-state index in [0.29, 0.717) is 16.8 Å². The first-order valence-corrected chi connectivity index (χ1v) is 10.8. The number of aryl methyl sites for hydroxylation is 1. The molecule has 176 valence electrons. The van der Waals surface area contributed by atoms with Gasteiger partial charge in [-0.1, -0.05) is 37.5 Å². The monoisotopic (exact) mass is 457 g/mol. The normalized spacial score (nSPS) is 15.6. The predicted molar refractivity (Wildman–Crippen MR) is 127 cm³/mol. The van der Waals surface area contributed by atoms with E-state index in [0.717, 1.165) is 35.4 Å². The number of terminal acetylenes is 1. The lowest BCUT2D eigenvalue weighted by Gasteiger charge is -2.32. The molecule has 1 aromatic carbocycles. The average Bonchev–Trinajstić information content (AvgIpc) is 2.77. The second-order valence-electron chi connectivity index (χ2n) is 7.61. The SMILES string of the molecule is C#CC1=CN(/C(=C\C)c2ccc(C(=O)NC)c(C)c2)/C(=C/CCC)C(NCCC(F)(F)F)=C1. The average molecular weight is 458 g/mol. The first kappa shape index (κ1) is 25.9. The molecular weight excluding hydrogens is 427 g/mol. The number of hydrogen-bond acceptors (Lipinski definition) is 3. The molecule has 0 atom stereocenters. The summed E-state index contributed by atoms with van der Waals surface area (Å²) >= 11 is 0. The van der Waals surface area contributed by atoms with Gasteiger partial charge in [-0.2, -0.15) is 13.2 Å². The molecule has 7 heteroatoms. The van der Waals surface area contributed by atoms with E-state index < -0.39 is 12.6 Å². The fraction of sp³-hybridized carbons (Fsp3) is 0.346. The lowest BCUT2D eigenvalue weighted by molar-refractivity contribution is -0.133. The summed E-state index contributed by atoms with van der Waals surface area (Å²) in [6.07, 6.45) is 9.49. The zero-order valence-corrected chi connectivity index (χ0v) is 19.4. The van der Waals surface area contributed by atoms with Gasteiger partial charge < -0.3 is 15.5 Å². The summed E-state index contributed by atoms with van der Waals surface area (Å²) in [7, 11) is 1.58. The van der Waals surface area contributed by atoms with Gasteiger partial charge in [0.2, 0.25) is 0 Å². The number of hydrogen-bond donors (Lipinski definition) is 2. The van der Waals surface area contributed by atoms with Crippen molar-refractivity contribution in [2.75, 3.05) is 13.6 Å². The fourth-order valence-electron chi connectivity index (χ4n) is 3.51. The molecule has 33 heavy (non-hydrogen) atoms. The summed E-state index contributed by atoms with van der Waals surface area (Å²) in [5.41, 5.74) is 4.86. The number of carbonyl (C=O) groups excluding carboxylic acids is 1. The lowest BCUT2D eigenvalue weighted by Crippen LogP contribution is -2.29. The smallest absolute Gasteiger partial charge is 0.383 e. The van der Waals surface area contributed by atoms with Crippen LogP contribution in [-0.4, -0.2) is 30.6 Å². The highest BCUT2D eigenvalue weighted by atomic mass is 19.4. The first-order chi connectivity index (χ1) is 15.6. The highest BCUT2D eigenvalue weighted by molar-refractivity contribution is 5.95. The molecule has 0 spiro atoms. The molecule has 2 N–H and O–H groups in total. The van der Waals surface area contributed by atoms with Gasteiger partial charge in [-0.25, -0.2) is 0 Å². The van der Waals surface area contributed by atoms with Crippen LogP contribution in [0.2, 0.25) is 0 Å². The molecule has 1 amide bonds. The van der Waals surface area contributed by atoms with E-state index in [1.807, 2.05) is 50.0 Å². The Morgan fingerprint density at radius 1 is 1.30 bits per heavy atom. The van der Waals surface area contributed by atoms with Crippen molar-refractivity contribution in [2.24, 2.45) is 0 Å². The minimum atomic E-state index is -4.25. The van der Waals surface area contributed by atoms with Crippen molar-refractivity contribution in [2.45, 2.75) is 46.2 Å². The molecule has 0 radical (unpaired) electrons. The molecular formula is C26H30F3N3O. The van der Waals surface area contributed by atoms with Gasteiger partial charge >= 0.3 is 6.18 Å². The maximum atomic E-state index is 12.7. The quantitative estimate of drug-likeness (QED) is 0.495. The molecule has 0 saturated carbocycles. The highest BCUT2D eigenvalue weighted by Crippen LogP contribution is 2.33. The summed E-state index contributed by atoms with van der Waals surface area (Å²) in [6, 6.07) is 5.52. The first-order valence-electron chi connectivity index (χ1n) is 10.8. The van der Waals surface area contributed by atoms with Crippen LogP contribution in [-0.2, 0) is 0 Å². The third-order valence-corrected chi connectivity index (χ3v) is 5.15. The molecule has 1 aromatic rings. The van der Waals surface area contributed by atoms with Crippen LogP contribution in [0, 0.1) is 19.3 Å². The Morgan fingerprint density at radius 3 is 2.58 bits per heavy atom. The van der Waals surface area contributed by atoms with E-state index >= 15 is 0 Å². The van der Waals surface area contributed by atoms with Gasteiger partial charge in [0, 0.05) is 36.6 Å². The van der Waals surface area contributed by atoms with Crippen molar-refractivity contribution >= 4 is 11.6 Å². The third-order valence-electron chi connectivity index (χ3n) is 5.15. The second kappa shape index (κ2) is 11.5. The van der Waals surface area contributed by atoms with Crippen LogP contribution in [0.1, 0.15) is 54.6 Å². The van der Waals surface area contributed by atoms with Gasteiger partial charge in [0.1, 0.15) is 0 Å². The zero-order valence-electron chi connectivity index (χ0n) is 19.4. The van der Waals surface area contributed by atoms with Crippen LogP contribution in [0.4, 0.5) is 13.2 Å². The number of carbonyl (C=O) groups is 1. The molecule has 0 saturated heterocycles. The fourth-order valence-corrected chi connectivity index (χ4v) is 3.51. The molecule has 0 bridgehead atoms. The molecule has 0 aromatic heterocycles. The minimum absolute atomic E-state index is 0.170. The van der Waals surface area contributed by atoms with Crippen LogP contribution in [0.5, 0.6) is 0 Å². The van der Waals surface area contributed by atoms with Gasteiger partial charge in [0.25, 0.3) is 5.91 Å². The van der Waals surface area contributed by atoms with E-state index in [4.69, 9.17) is 6.42 Å². The van der Waals surface area contributed by atoms with Gasteiger partial charge in [0.15, 0.2) is 0 Å². The van der Waals surface area contributed by atoms with Crippen LogP contribution >= 0.6 is 0 Å². The number of allylic oxidation sites excluding steroid dienone is 4. The number of nitrogens with one attached hydrogen (secondary N) is 2. The molecule has 1 aliphatic heterocycles. The Kier molecular flexibility index (Phi) is 8.98. The Hall–Kier alpha value is -3.40. The van der Waals surface area contributed by atoms with Crippen molar-refractivity contribution in [1.82, 2.24) is 15.5 Å². The standard InChI is InChI=1S/C26H30F3N3O/c1-6-9-10-24-22(31-14-13-26(27,28)29)16-19(7-2)17-32(24)23(8-3)20-11-12-21(18(4)15-20)25(33)30-5/h2,8,10-12,15-17,31H,6,9,13-14H2,1,3-5H3,(H,30,33)/b23-8-,24-10+. The van der Waals surface area contributed by atoms with Crippen molar-refractivity contribution in [3.05, 3.63) is 76.3 Å². The van der Waals surface area contributed by atoms with E-state index in [1.54, 1.807) is 25.4 Å².